The number of ether oxygens (including phenoxy) is 1. The minimum absolute atomic E-state index is 0.0236. The SMILES string of the molecule is CCCCOP(=O)(OCCCC)OC[C@H]1O[C@@H](n2cc(C)c(=O)[nH]c2=O)C[C@@H]1OS(C)(=O)=O. The lowest BCUT2D eigenvalue weighted by molar-refractivity contribution is -0.0439. The van der Waals surface area contributed by atoms with Gasteiger partial charge in [-0.15, -0.1) is 0 Å². The maximum absolute atomic E-state index is 13.0. The van der Waals surface area contributed by atoms with E-state index in [-0.39, 0.29) is 31.8 Å². The number of hydrogen-bond donors (Lipinski definition) is 1. The quantitative estimate of drug-likeness (QED) is 0.223. The Bertz CT molecular complexity index is 1020. The molecular weight excluding hydrogens is 479 g/mol. The average molecular weight is 513 g/mol. The van der Waals surface area contributed by atoms with Crippen LogP contribution in [0.5, 0.6) is 0 Å². The van der Waals surface area contributed by atoms with Crippen molar-refractivity contribution in [1.82, 2.24) is 9.55 Å². The van der Waals surface area contributed by atoms with E-state index in [4.69, 9.17) is 22.5 Å². The summed E-state index contributed by atoms with van der Waals surface area (Å²) in [7, 11) is -7.80. The second-order valence-corrected chi connectivity index (χ2v) is 11.1. The topological polar surface area (TPSA) is 152 Å². The molecule has 0 spiro atoms. The summed E-state index contributed by atoms with van der Waals surface area (Å²) in [4.78, 5) is 26.1. The molecule has 1 aliphatic rings. The molecule has 0 aromatic carbocycles. The summed E-state index contributed by atoms with van der Waals surface area (Å²) in [6.07, 6.45) is 2.17. The van der Waals surface area contributed by atoms with Crippen molar-refractivity contribution in [3.63, 3.8) is 0 Å². The van der Waals surface area contributed by atoms with E-state index in [0.717, 1.165) is 23.7 Å². The maximum Gasteiger partial charge on any atom is 0.474 e. The van der Waals surface area contributed by atoms with Gasteiger partial charge >= 0.3 is 13.5 Å². The molecular formula is C19H33N2O10PS. The summed E-state index contributed by atoms with van der Waals surface area (Å²) in [6.45, 7) is 5.41. The van der Waals surface area contributed by atoms with Gasteiger partial charge in [0.1, 0.15) is 18.4 Å². The predicted octanol–water partition coefficient (Wildman–Crippen LogP) is 2.24. The molecule has 0 amide bonds. The summed E-state index contributed by atoms with van der Waals surface area (Å²) in [5.74, 6) is 0. The van der Waals surface area contributed by atoms with Crippen LogP contribution in [0.4, 0.5) is 0 Å². The highest BCUT2D eigenvalue weighted by Gasteiger charge is 2.41. The molecule has 2 heterocycles. The van der Waals surface area contributed by atoms with Crippen molar-refractivity contribution < 1.29 is 35.5 Å². The van der Waals surface area contributed by atoms with Gasteiger partial charge in [-0.3, -0.25) is 32.1 Å². The number of hydrogen-bond acceptors (Lipinski definition) is 10. The van der Waals surface area contributed by atoms with Crippen LogP contribution in [0.2, 0.25) is 0 Å². The van der Waals surface area contributed by atoms with Crippen molar-refractivity contribution in [2.24, 2.45) is 0 Å². The number of aromatic amines is 1. The normalized spacial score (nSPS) is 21.5. The van der Waals surface area contributed by atoms with Crippen LogP contribution in [0, 0.1) is 6.92 Å². The lowest BCUT2D eigenvalue weighted by Crippen LogP contribution is -2.33. The van der Waals surface area contributed by atoms with Crippen molar-refractivity contribution in [2.75, 3.05) is 26.1 Å². The summed E-state index contributed by atoms with van der Waals surface area (Å²) in [5.41, 5.74) is -0.976. The minimum Gasteiger partial charge on any atom is -0.349 e. The number of H-pyrrole nitrogens is 1. The number of nitrogens with one attached hydrogen (secondary N) is 1. The number of nitrogens with zero attached hydrogens (tertiary/aromatic N) is 1. The fourth-order valence-electron chi connectivity index (χ4n) is 3.06. The number of phosphoric acid groups is 1. The Morgan fingerprint density at radius 3 is 2.30 bits per heavy atom. The van der Waals surface area contributed by atoms with Gasteiger partial charge in [-0.25, -0.2) is 9.36 Å². The molecule has 12 nitrogen and oxygen atoms in total. The summed E-state index contributed by atoms with van der Waals surface area (Å²) in [5, 5.41) is 0. The summed E-state index contributed by atoms with van der Waals surface area (Å²) in [6, 6.07) is 0. The Morgan fingerprint density at radius 2 is 1.76 bits per heavy atom. The molecule has 0 saturated carbocycles. The van der Waals surface area contributed by atoms with Crippen molar-refractivity contribution >= 4 is 17.9 Å². The zero-order chi connectivity index (χ0) is 24.6. The Morgan fingerprint density at radius 1 is 1.15 bits per heavy atom. The molecule has 190 valence electrons. The Hall–Kier alpha value is -1.34. The summed E-state index contributed by atoms with van der Waals surface area (Å²) < 4.78 is 64.8. The Labute approximate surface area is 193 Å². The first-order valence-electron chi connectivity index (χ1n) is 10.9. The van der Waals surface area contributed by atoms with E-state index in [0.29, 0.717) is 12.8 Å². The van der Waals surface area contributed by atoms with Crippen molar-refractivity contribution in [1.29, 1.82) is 0 Å². The second kappa shape index (κ2) is 12.4. The monoisotopic (exact) mass is 512 g/mol. The predicted molar refractivity (Wildman–Crippen MR) is 120 cm³/mol. The first-order valence-corrected chi connectivity index (χ1v) is 14.1. The number of aromatic nitrogens is 2. The lowest BCUT2D eigenvalue weighted by atomic mass is 10.2. The van der Waals surface area contributed by atoms with E-state index < -0.39 is 47.6 Å². The molecule has 1 saturated heterocycles. The van der Waals surface area contributed by atoms with Crippen LogP contribution < -0.4 is 11.2 Å². The van der Waals surface area contributed by atoms with Crippen LogP contribution in [-0.2, 0) is 37.2 Å². The third-order valence-electron chi connectivity index (χ3n) is 4.83. The van der Waals surface area contributed by atoms with E-state index in [1.807, 2.05) is 13.8 Å². The van der Waals surface area contributed by atoms with Crippen LogP contribution in [0.15, 0.2) is 15.8 Å². The van der Waals surface area contributed by atoms with E-state index in [1.165, 1.54) is 13.1 Å². The highest BCUT2D eigenvalue weighted by atomic mass is 32.2. The van der Waals surface area contributed by atoms with Gasteiger partial charge in [0.25, 0.3) is 15.7 Å². The van der Waals surface area contributed by atoms with Crippen LogP contribution in [-0.4, -0.2) is 56.3 Å². The minimum atomic E-state index is -3.93. The Balaban J connectivity index is 2.19. The lowest BCUT2D eigenvalue weighted by Gasteiger charge is -2.22. The summed E-state index contributed by atoms with van der Waals surface area (Å²) >= 11 is 0. The molecule has 0 aliphatic carbocycles. The Kier molecular flexibility index (Phi) is 10.5. The second-order valence-electron chi connectivity index (χ2n) is 7.80. The van der Waals surface area contributed by atoms with E-state index in [2.05, 4.69) is 4.98 Å². The van der Waals surface area contributed by atoms with Crippen LogP contribution in [0.3, 0.4) is 0 Å². The fourth-order valence-corrected chi connectivity index (χ4v) is 4.97. The number of aryl methyl sites for hydroxylation is 1. The molecule has 1 aromatic rings. The highest BCUT2D eigenvalue weighted by molar-refractivity contribution is 7.86. The molecule has 1 N–H and O–H groups in total. The largest absolute Gasteiger partial charge is 0.474 e. The molecule has 1 aromatic heterocycles. The van der Waals surface area contributed by atoms with E-state index >= 15 is 0 Å². The van der Waals surface area contributed by atoms with Gasteiger partial charge in [0, 0.05) is 18.2 Å². The molecule has 33 heavy (non-hydrogen) atoms. The maximum atomic E-state index is 13.0. The van der Waals surface area contributed by atoms with E-state index in [1.54, 1.807) is 0 Å². The van der Waals surface area contributed by atoms with Gasteiger partial charge in [0.2, 0.25) is 0 Å². The van der Waals surface area contributed by atoms with Gasteiger partial charge in [0.15, 0.2) is 0 Å². The van der Waals surface area contributed by atoms with Crippen LogP contribution >= 0.6 is 7.82 Å². The number of rotatable bonds is 14. The third kappa shape index (κ3) is 8.75. The molecule has 14 heteroatoms. The first-order chi connectivity index (χ1) is 15.5. The number of phosphoric ester groups is 1. The van der Waals surface area contributed by atoms with Crippen LogP contribution in [0.25, 0.3) is 0 Å². The standard InChI is InChI=1S/C19H33N2O10PS/c1-5-7-9-27-32(24,28-10-8-6-2)29-13-16-15(31-33(4,25)26)11-17(30-16)21-12-14(3)18(22)20-19(21)23/h12,15-17H,5-11,13H2,1-4H3,(H,20,22,23)/t15-,16+,17+/m0/s1. The smallest absolute Gasteiger partial charge is 0.349 e. The van der Waals surface area contributed by atoms with Crippen molar-refractivity contribution in [3.8, 4) is 0 Å². The molecule has 1 aliphatic heterocycles. The highest BCUT2D eigenvalue weighted by Crippen LogP contribution is 2.50. The first kappa shape index (κ1) is 27.9. The van der Waals surface area contributed by atoms with Gasteiger partial charge in [-0.1, -0.05) is 26.7 Å². The zero-order valence-corrected chi connectivity index (χ0v) is 21.1. The van der Waals surface area contributed by atoms with E-state index in [9.17, 15) is 22.6 Å². The molecule has 0 unspecified atom stereocenters. The van der Waals surface area contributed by atoms with Crippen LogP contribution in [0.1, 0.15) is 57.7 Å². The van der Waals surface area contributed by atoms with Gasteiger partial charge in [-0.2, -0.15) is 8.42 Å². The van der Waals surface area contributed by atoms with Crippen molar-refractivity contribution in [3.05, 3.63) is 32.6 Å². The fraction of sp³-hybridized carbons (Fsp3) is 0.789. The molecule has 0 radical (unpaired) electrons. The molecule has 2 rings (SSSR count). The molecule has 1 fully saturated rings. The van der Waals surface area contributed by atoms with Gasteiger partial charge in [0.05, 0.1) is 26.1 Å². The zero-order valence-electron chi connectivity index (χ0n) is 19.4. The number of unbranched alkanes of at least 4 members (excludes halogenated alkanes) is 2. The molecule has 0 bridgehead atoms. The average Bonchev–Trinajstić information content (AvgIpc) is 3.10. The molecule has 3 atom stereocenters. The van der Waals surface area contributed by atoms with Gasteiger partial charge in [-0.05, 0) is 19.8 Å². The third-order valence-corrected chi connectivity index (χ3v) is 6.89. The van der Waals surface area contributed by atoms with Gasteiger partial charge < -0.3 is 4.74 Å². The van der Waals surface area contributed by atoms with Crippen molar-refractivity contribution in [2.45, 2.75) is 71.3 Å².